The van der Waals surface area contributed by atoms with Crippen molar-refractivity contribution in [2.45, 2.75) is 31.6 Å². The standard InChI is InChI=1S/C26H22N2O4S/c29-17-32-26(13-6-14-26)28-24(30)22-12-11-18-7-4-5-10-21(18)23(22)31-15-20-16-33-25(27-20)19-8-2-1-3-9-19/h1-5,7-12,16-17H,6,13-15H2,(H,28,30). The predicted octanol–water partition coefficient (Wildman–Crippen LogP) is 5.33. The zero-order chi connectivity index (χ0) is 22.7. The molecule has 1 aliphatic rings. The van der Waals surface area contributed by atoms with Crippen LogP contribution in [0.15, 0.2) is 72.1 Å². The van der Waals surface area contributed by atoms with Crippen molar-refractivity contribution in [2.24, 2.45) is 0 Å². The molecular formula is C26H22N2O4S. The summed E-state index contributed by atoms with van der Waals surface area (Å²) in [6.45, 7) is 0.622. The summed E-state index contributed by atoms with van der Waals surface area (Å²) >= 11 is 1.56. The van der Waals surface area contributed by atoms with E-state index in [9.17, 15) is 9.59 Å². The Labute approximate surface area is 195 Å². The smallest absolute Gasteiger partial charge is 0.295 e. The molecule has 1 amide bonds. The summed E-state index contributed by atoms with van der Waals surface area (Å²) in [4.78, 5) is 28.8. The first-order chi connectivity index (χ1) is 16.2. The van der Waals surface area contributed by atoms with E-state index in [1.54, 1.807) is 17.4 Å². The summed E-state index contributed by atoms with van der Waals surface area (Å²) in [6.07, 6.45) is 2.09. The molecule has 1 aromatic heterocycles. The number of carbonyl (C=O) groups excluding carboxylic acids is 2. The van der Waals surface area contributed by atoms with Gasteiger partial charge in [-0.05, 0) is 17.9 Å². The SMILES string of the molecule is O=COC1(NC(=O)c2ccc3ccccc3c2OCc2csc(-c3ccccc3)n2)CCC1. The summed E-state index contributed by atoms with van der Waals surface area (Å²) in [5.41, 5.74) is 1.31. The number of ether oxygens (including phenoxy) is 2. The Kier molecular flexibility index (Phi) is 5.79. The topological polar surface area (TPSA) is 77.5 Å². The van der Waals surface area contributed by atoms with Crippen LogP contribution in [0, 0.1) is 0 Å². The molecule has 0 saturated heterocycles. The quantitative estimate of drug-likeness (QED) is 0.285. The Bertz CT molecular complexity index is 1300. The van der Waals surface area contributed by atoms with Crippen molar-refractivity contribution < 1.29 is 19.1 Å². The third-order valence-corrected chi connectivity index (χ3v) is 6.78. The fraction of sp³-hybridized carbons (Fsp3) is 0.192. The number of amides is 1. The number of hydrogen-bond acceptors (Lipinski definition) is 6. The Morgan fingerprint density at radius 3 is 2.61 bits per heavy atom. The van der Waals surface area contributed by atoms with Gasteiger partial charge in [-0.1, -0.05) is 60.7 Å². The highest BCUT2D eigenvalue weighted by Crippen LogP contribution is 2.35. The molecule has 33 heavy (non-hydrogen) atoms. The van der Waals surface area contributed by atoms with E-state index in [0.717, 1.165) is 33.5 Å². The molecule has 1 N–H and O–H groups in total. The lowest BCUT2D eigenvalue weighted by Gasteiger charge is -2.40. The monoisotopic (exact) mass is 458 g/mol. The second-order valence-electron chi connectivity index (χ2n) is 7.98. The maximum Gasteiger partial charge on any atom is 0.295 e. The van der Waals surface area contributed by atoms with E-state index in [-0.39, 0.29) is 12.5 Å². The number of nitrogens with one attached hydrogen (secondary N) is 1. The summed E-state index contributed by atoms with van der Waals surface area (Å²) in [5.74, 6) is 0.154. The summed E-state index contributed by atoms with van der Waals surface area (Å²) < 4.78 is 11.4. The van der Waals surface area contributed by atoms with E-state index in [2.05, 4.69) is 5.32 Å². The zero-order valence-electron chi connectivity index (χ0n) is 17.8. The van der Waals surface area contributed by atoms with Crippen LogP contribution in [0.25, 0.3) is 21.3 Å². The van der Waals surface area contributed by atoms with E-state index in [4.69, 9.17) is 14.5 Å². The highest BCUT2D eigenvalue weighted by Gasteiger charge is 2.41. The Morgan fingerprint density at radius 1 is 1.06 bits per heavy atom. The normalized spacial score (nSPS) is 14.3. The molecule has 1 heterocycles. The molecule has 1 aliphatic carbocycles. The van der Waals surface area contributed by atoms with Gasteiger partial charge in [0.1, 0.15) is 17.4 Å². The Hall–Kier alpha value is -3.71. The minimum absolute atomic E-state index is 0.230. The largest absolute Gasteiger partial charge is 0.486 e. The fourth-order valence-corrected chi connectivity index (χ4v) is 4.76. The number of aromatic nitrogens is 1. The zero-order valence-corrected chi connectivity index (χ0v) is 18.6. The fourth-order valence-electron chi connectivity index (χ4n) is 3.95. The second-order valence-corrected chi connectivity index (χ2v) is 8.84. The van der Waals surface area contributed by atoms with Gasteiger partial charge < -0.3 is 14.8 Å². The molecule has 0 aliphatic heterocycles. The van der Waals surface area contributed by atoms with Crippen LogP contribution < -0.4 is 10.1 Å². The highest BCUT2D eigenvalue weighted by atomic mass is 32.1. The molecule has 0 unspecified atom stereocenters. The first-order valence-corrected chi connectivity index (χ1v) is 11.6. The Morgan fingerprint density at radius 2 is 1.85 bits per heavy atom. The van der Waals surface area contributed by atoms with Crippen molar-refractivity contribution in [3.63, 3.8) is 0 Å². The number of hydrogen-bond donors (Lipinski definition) is 1. The number of carbonyl (C=O) groups is 2. The van der Waals surface area contributed by atoms with E-state index in [1.165, 1.54) is 0 Å². The summed E-state index contributed by atoms with van der Waals surface area (Å²) in [5, 5.41) is 7.58. The van der Waals surface area contributed by atoms with Gasteiger partial charge in [0.2, 0.25) is 0 Å². The lowest BCUT2D eigenvalue weighted by atomic mass is 9.87. The second kappa shape index (κ2) is 9.03. The van der Waals surface area contributed by atoms with E-state index in [1.807, 2.05) is 66.0 Å². The summed E-state index contributed by atoms with van der Waals surface area (Å²) in [6, 6.07) is 21.4. The molecule has 6 nitrogen and oxygen atoms in total. The van der Waals surface area contributed by atoms with E-state index in [0.29, 0.717) is 30.6 Å². The summed E-state index contributed by atoms with van der Waals surface area (Å²) in [7, 11) is 0. The molecule has 7 heteroatoms. The van der Waals surface area contributed by atoms with Crippen LogP contribution in [0.3, 0.4) is 0 Å². The van der Waals surface area contributed by atoms with Crippen molar-refractivity contribution in [3.05, 3.63) is 83.4 Å². The molecule has 3 aromatic carbocycles. The van der Waals surface area contributed by atoms with Crippen LogP contribution in [0.1, 0.15) is 35.3 Å². The van der Waals surface area contributed by atoms with Crippen molar-refractivity contribution in [1.29, 1.82) is 0 Å². The minimum atomic E-state index is -0.929. The van der Waals surface area contributed by atoms with Crippen molar-refractivity contribution >= 4 is 34.5 Å². The van der Waals surface area contributed by atoms with Gasteiger partial charge in [0.05, 0.1) is 11.3 Å². The average molecular weight is 459 g/mol. The van der Waals surface area contributed by atoms with Crippen molar-refractivity contribution in [2.75, 3.05) is 0 Å². The lowest BCUT2D eigenvalue weighted by Crippen LogP contribution is -2.55. The van der Waals surface area contributed by atoms with Gasteiger partial charge in [0.15, 0.2) is 5.72 Å². The third kappa shape index (κ3) is 4.32. The number of benzene rings is 3. The molecule has 0 spiro atoms. The number of rotatable bonds is 8. The molecule has 4 aromatic rings. The molecular weight excluding hydrogens is 436 g/mol. The molecule has 0 atom stereocenters. The number of thiazole rings is 1. The first kappa shape index (κ1) is 21.2. The molecule has 1 fully saturated rings. The molecule has 5 rings (SSSR count). The maximum absolute atomic E-state index is 13.2. The Balaban J connectivity index is 1.42. The van der Waals surface area contributed by atoms with Crippen LogP contribution in [0.4, 0.5) is 0 Å². The van der Waals surface area contributed by atoms with E-state index >= 15 is 0 Å². The van der Waals surface area contributed by atoms with Crippen LogP contribution in [-0.4, -0.2) is 23.1 Å². The van der Waals surface area contributed by atoms with Gasteiger partial charge >= 0.3 is 0 Å². The average Bonchev–Trinajstić information content (AvgIpc) is 3.30. The van der Waals surface area contributed by atoms with Gasteiger partial charge in [-0.15, -0.1) is 11.3 Å². The van der Waals surface area contributed by atoms with Gasteiger partial charge in [-0.3, -0.25) is 9.59 Å². The minimum Gasteiger partial charge on any atom is -0.486 e. The van der Waals surface area contributed by atoms with Gasteiger partial charge in [0.25, 0.3) is 12.4 Å². The molecule has 1 saturated carbocycles. The molecule has 0 radical (unpaired) electrons. The van der Waals surface area contributed by atoms with Crippen LogP contribution in [-0.2, 0) is 16.1 Å². The number of nitrogens with zero attached hydrogens (tertiary/aromatic N) is 1. The van der Waals surface area contributed by atoms with Gasteiger partial charge in [0, 0.05) is 29.2 Å². The maximum atomic E-state index is 13.2. The van der Waals surface area contributed by atoms with E-state index < -0.39 is 5.72 Å². The first-order valence-electron chi connectivity index (χ1n) is 10.8. The van der Waals surface area contributed by atoms with Crippen molar-refractivity contribution in [3.8, 4) is 16.3 Å². The predicted molar refractivity (Wildman–Crippen MR) is 127 cm³/mol. The van der Waals surface area contributed by atoms with Crippen LogP contribution >= 0.6 is 11.3 Å². The third-order valence-electron chi connectivity index (χ3n) is 5.84. The van der Waals surface area contributed by atoms with Crippen LogP contribution in [0.5, 0.6) is 5.75 Å². The lowest BCUT2D eigenvalue weighted by molar-refractivity contribution is -0.156. The highest BCUT2D eigenvalue weighted by molar-refractivity contribution is 7.13. The van der Waals surface area contributed by atoms with Crippen molar-refractivity contribution in [1.82, 2.24) is 10.3 Å². The number of fused-ring (bicyclic) bond motifs is 1. The van der Waals surface area contributed by atoms with Crippen LogP contribution in [0.2, 0.25) is 0 Å². The molecule has 166 valence electrons. The van der Waals surface area contributed by atoms with Gasteiger partial charge in [-0.2, -0.15) is 0 Å². The molecule has 0 bridgehead atoms. The van der Waals surface area contributed by atoms with Gasteiger partial charge in [-0.25, -0.2) is 4.98 Å².